The van der Waals surface area contributed by atoms with E-state index in [2.05, 4.69) is 5.32 Å². The van der Waals surface area contributed by atoms with Crippen LogP contribution in [0, 0.1) is 0 Å². The SMILES string of the molecule is CC(C)(C)OCCC(NC(=O)Cn1ccc(=O)[nH]c1=O)C(=O)O. The zero-order valence-corrected chi connectivity index (χ0v) is 13.3. The fourth-order valence-corrected chi connectivity index (χ4v) is 1.70. The number of aromatic amines is 1. The lowest BCUT2D eigenvalue weighted by molar-refractivity contribution is -0.142. The number of carboxylic acids is 1. The van der Waals surface area contributed by atoms with Gasteiger partial charge in [-0.3, -0.25) is 19.1 Å². The van der Waals surface area contributed by atoms with Gasteiger partial charge in [-0.05, 0) is 20.8 Å². The highest BCUT2D eigenvalue weighted by Crippen LogP contribution is 2.08. The number of ether oxygens (including phenoxy) is 1. The molecule has 9 nitrogen and oxygen atoms in total. The summed E-state index contributed by atoms with van der Waals surface area (Å²) in [4.78, 5) is 47.4. The van der Waals surface area contributed by atoms with Crippen molar-refractivity contribution in [1.29, 1.82) is 0 Å². The van der Waals surface area contributed by atoms with Gasteiger partial charge in [-0.25, -0.2) is 9.59 Å². The zero-order valence-electron chi connectivity index (χ0n) is 13.3. The Morgan fingerprint density at radius 3 is 2.57 bits per heavy atom. The van der Waals surface area contributed by atoms with Gasteiger partial charge in [-0.2, -0.15) is 0 Å². The van der Waals surface area contributed by atoms with E-state index >= 15 is 0 Å². The number of rotatable bonds is 7. The molecule has 1 aromatic rings. The Bertz CT molecular complexity index is 670. The van der Waals surface area contributed by atoms with Crippen molar-refractivity contribution < 1.29 is 19.4 Å². The fourth-order valence-electron chi connectivity index (χ4n) is 1.70. The van der Waals surface area contributed by atoms with Crippen molar-refractivity contribution in [2.45, 2.75) is 45.4 Å². The molecule has 1 amide bonds. The maximum Gasteiger partial charge on any atom is 0.328 e. The molecule has 0 saturated carbocycles. The molecule has 0 aliphatic heterocycles. The quantitative estimate of drug-likeness (QED) is 0.608. The van der Waals surface area contributed by atoms with E-state index in [9.17, 15) is 19.2 Å². The highest BCUT2D eigenvalue weighted by atomic mass is 16.5. The molecule has 128 valence electrons. The van der Waals surface area contributed by atoms with Crippen LogP contribution in [-0.2, 0) is 20.9 Å². The van der Waals surface area contributed by atoms with Crippen LogP contribution in [0.3, 0.4) is 0 Å². The summed E-state index contributed by atoms with van der Waals surface area (Å²) in [6.45, 7) is 5.29. The molecule has 3 N–H and O–H groups in total. The molecule has 1 atom stereocenters. The number of carbonyl (C=O) groups excluding carboxylic acids is 1. The molecule has 1 heterocycles. The summed E-state index contributed by atoms with van der Waals surface area (Å²) in [5, 5.41) is 11.4. The van der Waals surface area contributed by atoms with Crippen LogP contribution in [-0.4, -0.2) is 44.8 Å². The van der Waals surface area contributed by atoms with Crippen molar-refractivity contribution >= 4 is 11.9 Å². The molecule has 0 saturated heterocycles. The van der Waals surface area contributed by atoms with Crippen molar-refractivity contribution in [2.75, 3.05) is 6.61 Å². The number of hydrogen-bond acceptors (Lipinski definition) is 5. The molecule has 0 fully saturated rings. The fraction of sp³-hybridized carbons (Fsp3) is 0.571. The van der Waals surface area contributed by atoms with Crippen LogP contribution >= 0.6 is 0 Å². The highest BCUT2D eigenvalue weighted by Gasteiger charge is 2.21. The third-order valence-electron chi connectivity index (χ3n) is 2.79. The predicted molar refractivity (Wildman–Crippen MR) is 81.2 cm³/mol. The van der Waals surface area contributed by atoms with Crippen molar-refractivity contribution in [1.82, 2.24) is 14.9 Å². The first kappa shape index (κ1) is 18.6. The lowest BCUT2D eigenvalue weighted by Gasteiger charge is -2.21. The van der Waals surface area contributed by atoms with Crippen LogP contribution in [0.1, 0.15) is 27.2 Å². The molecule has 1 aromatic heterocycles. The largest absolute Gasteiger partial charge is 0.480 e. The topological polar surface area (TPSA) is 130 Å². The molecule has 0 radical (unpaired) electrons. The van der Waals surface area contributed by atoms with Gasteiger partial charge in [0.25, 0.3) is 5.56 Å². The number of carbonyl (C=O) groups is 2. The van der Waals surface area contributed by atoms with Gasteiger partial charge in [0.05, 0.1) is 5.60 Å². The van der Waals surface area contributed by atoms with Crippen molar-refractivity contribution in [3.05, 3.63) is 33.1 Å². The highest BCUT2D eigenvalue weighted by molar-refractivity contribution is 5.83. The van der Waals surface area contributed by atoms with Gasteiger partial charge in [0.15, 0.2) is 0 Å². The Morgan fingerprint density at radius 1 is 1.39 bits per heavy atom. The zero-order chi connectivity index (χ0) is 17.6. The van der Waals surface area contributed by atoms with Crippen LogP contribution in [0.2, 0.25) is 0 Å². The van der Waals surface area contributed by atoms with E-state index in [1.807, 2.05) is 25.8 Å². The minimum Gasteiger partial charge on any atom is -0.480 e. The Hall–Kier alpha value is -2.42. The maximum absolute atomic E-state index is 11.9. The van der Waals surface area contributed by atoms with Crippen LogP contribution < -0.4 is 16.6 Å². The number of nitrogens with one attached hydrogen (secondary N) is 2. The molecule has 0 aliphatic rings. The van der Waals surface area contributed by atoms with Gasteiger partial charge >= 0.3 is 11.7 Å². The first-order valence-electron chi connectivity index (χ1n) is 7.04. The molecule has 0 aliphatic carbocycles. The number of aliphatic carboxylic acids is 1. The number of amides is 1. The van der Waals surface area contributed by atoms with Gasteiger partial charge in [-0.1, -0.05) is 0 Å². The van der Waals surface area contributed by atoms with E-state index in [0.29, 0.717) is 0 Å². The summed E-state index contributed by atoms with van der Waals surface area (Å²) >= 11 is 0. The van der Waals surface area contributed by atoms with Gasteiger partial charge in [0, 0.05) is 25.3 Å². The Morgan fingerprint density at radius 2 is 2.04 bits per heavy atom. The Kier molecular flexibility index (Phi) is 6.26. The number of carboxylic acid groups (broad SMARTS) is 1. The van der Waals surface area contributed by atoms with Gasteiger partial charge < -0.3 is 15.2 Å². The average Bonchev–Trinajstić information content (AvgIpc) is 2.39. The summed E-state index contributed by atoms with van der Waals surface area (Å²) in [5.41, 5.74) is -1.72. The Balaban J connectivity index is 2.62. The normalized spacial score (nSPS) is 12.7. The van der Waals surface area contributed by atoms with Crippen molar-refractivity contribution in [3.8, 4) is 0 Å². The second-order valence-electron chi connectivity index (χ2n) is 5.95. The average molecular weight is 327 g/mol. The first-order chi connectivity index (χ1) is 10.6. The molecular formula is C14H21N3O6. The smallest absolute Gasteiger partial charge is 0.328 e. The molecule has 0 aromatic carbocycles. The first-order valence-corrected chi connectivity index (χ1v) is 7.04. The van der Waals surface area contributed by atoms with Crippen LogP contribution in [0.5, 0.6) is 0 Å². The summed E-state index contributed by atoms with van der Waals surface area (Å²) < 4.78 is 6.41. The van der Waals surface area contributed by atoms with Crippen LogP contribution in [0.15, 0.2) is 21.9 Å². The third-order valence-corrected chi connectivity index (χ3v) is 2.79. The maximum atomic E-state index is 11.9. The molecule has 9 heteroatoms. The monoisotopic (exact) mass is 327 g/mol. The van der Waals surface area contributed by atoms with Crippen LogP contribution in [0.4, 0.5) is 0 Å². The second-order valence-corrected chi connectivity index (χ2v) is 5.95. The minimum absolute atomic E-state index is 0.0961. The minimum atomic E-state index is -1.19. The molecule has 1 rings (SSSR count). The number of H-pyrrole nitrogens is 1. The predicted octanol–water partition coefficient (Wildman–Crippen LogP) is -0.689. The molecule has 0 spiro atoms. The Labute approximate surface area is 132 Å². The molecular weight excluding hydrogens is 306 g/mol. The van der Waals surface area contributed by atoms with E-state index in [1.165, 1.54) is 6.20 Å². The number of hydrogen-bond donors (Lipinski definition) is 3. The van der Waals surface area contributed by atoms with Gasteiger partial charge in [-0.15, -0.1) is 0 Å². The summed E-state index contributed by atoms with van der Waals surface area (Å²) in [6.07, 6.45) is 1.26. The standard InChI is InChI=1S/C14H21N3O6/c1-14(2,3)23-7-5-9(12(20)21)15-11(19)8-17-6-4-10(18)16-13(17)22/h4,6,9H,5,7-8H2,1-3H3,(H,15,19)(H,20,21)(H,16,18,22). The van der Waals surface area contributed by atoms with Crippen molar-refractivity contribution in [2.24, 2.45) is 0 Å². The molecule has 23 heavy (non-hydrogen) atoms. The summed E-state index contributed by atoms with van der Waals surface area (Å²) in [7, 11) is 0. The lowest BCUT2D eigenvalue weighted by atomic mass is 10.2. The number of nitrogens with zero attached hydrogens (tertiary/aromatic N) is 1. The third kappa shape index (κ3) is 6.92. The lowest BCUT2D eigenvalue weighted by Crippen LogP contribution is -2.44. The van der Waals surface area contributed by atoms with Crippen LogP contribution in [0.25, 0.3) is 0 Å². The summed E-state index contributed by atoms with van der Waals surface area (Å²) in [5.74, 6) is -1.84. The second kappa shape index (κ2) is 7.73. The van der Waals surface area contributed by atoms with Gasteiger partial charge in [0.1, 0.15) is 12.6 Å². The van der Waals surface area contributed by atoms with E-state index in [-0.39, 0.29) is 19.6 Å². The van der Waals surface area contributed by atoms with E-state index in [4.69, 9.17) is 9.84 Å². The van der Waals surface area contributed by atoms with Gasteiger partial charge in [0.2, 0.25) is 5.91 Å². The molecule has 1 unspecified atom stereocenters. The van der Waals surface area contributed by atoms with E-state index in [1.54, 1.807) is 0 Å². The number of aromatic nitrogens is 2. The molecule has 0 bridgehead atoms. The van der Waals surface area contributed by atoms with E-state index < -0.39 is 34.8 Å². The van der Waals surface area contributed by atoms with E-state index in [0.717, 1.165) is 10.6 Å². The van der Waals surface area contributed by atoms with Crippen molar-refractivity contribution in [3.63, 3.8) is 0 Å². The summed E-state index contributed by atoms with van der Waals surface area (Å²) in [6, 6.07) is -0.0242.